The molecule has 3 rings (SSSR count). The van der Waals surface area contributed by atoms with Crippen LogP contribution in [0.25, 0.3) is 11.1 Å². The molecule has 2 atom stereocenters. The average molecular weight is 380 g/mol. The summed E-state index contributed by atoms with van der Waals surface area (Å²) in [5.74, 6) is -0.900. The molecular formula is C24H28O4. The van der Waals surface area contributed by atoms with Crippen molar-refractivity contribution in [3.8, 4) is 16.9 Å². The second kappa shape index (κ2) is 10.1. The summed E-state index contributed by atoms with van der Waals surface area (Å²) in [6.45, 7) is 2.48. The normalized spacial score (nSPS) is 19.0. The number of hydrogen-bond donors (Lipinski definition) is 0. The van der Waals surface area contributed by atoms with Crippen LogP contribution >= 0.6 is 0 Å². The Balaban J connectivity index is 1.74. The van der Waals surface area contributed by atoms with E-state index < -0.39 is 11.8 Å². The summed E-state index contributed by atoms with van der Waals surface area (Å²) in [6, 6.07) is 17.4. The molecule has 1 aliphatic carbocycles. The van der Waals surface area contributed by atoms with Gasteiger partial charge in [-0.15, -0.1) is 0 Å². The third kappa shape index (κ3) is 5.00. The number of hydrogen-bond acceptors (Lipinski definition) is 4. The summed E-state index contributed by atoms with van der Waals surface area (Å²) in [6.07, 6.45) is 5.04. The van der Waals surface area contributed by atoms with E-state index in [0.717, 1.165) is 36.8 Å². The van der Waals surface area contributed by atoms with Gasteiger partial charge in [-0.05, 0) is 30.9 Å². The molecule has 0 saturated heterocycles. The largest absolute Gasteiger partial charge is 0.465 e. The molecule has 2 aromatic rings. The number of carbonyl (C=O) groups is 2. The molecule has 1 aliphatic rings. The van der Waals surface area contributed by atoms with Crippen LogP contribution in [0.15, 0.2) is 54.6 Å². The topological polar surface area (TPSA) is 52.6 Å². The summed E-state index contributed by atoms with van der Waals surface area (Å²) < 4.78 is 11.2. The Morgan fingerprint density at radius 3 is 2.25 bits per heavy atom. The standard InChI is InChI=1S/C24H28O4/c1-2-3-17-27-23(25)20-14-7-8-15-21(20)24(26)28-22-16-10-9-13-19(22)18-11-5-4-6-12-18/h4-6,9-13,16,20-21H,2-3,7-8,14-15,17H2,1H3. The van der Waals surface area contributed by atoms with Crippen molar-refractivity contribution in [1.82, 2.24) is 0 Å². The SMILES string of the molecule is CCCCOC(=O)C1CCCCC1C(=O)Oc1ccccc1-c1ccccc1. The van der Waals surface area contributed by atoms with Gasteiger partial charge in [0.1, 0.15) is 5.75 Å². The fraction of sp³-hybridized carbons (Fsp3) is 0.417. The molecule has 1 fully saturated rings. The lowest BCUT2D eigenvalue weighted by atomic mass is 9.79. The van der Waals surface area contributed by atoms with E-state index in [-0.39, 0.29) is 11.9 Å². The van der Waals surface area contributed by atoms with E-state index in [1.54, 1.807) is 6.07 Å². The number of benzene rings is 2. The van der Waals surface area contributed by atoms with Crippen molar-refractivity contribution in [3.63, 3.8) is 0 Å². The Labute approximate surface area is 166 Å². The molecular weight excluding hydrogens is 352 g/mol. The minimum Gasteiger partial charge on any atom is -0.465 e. The predicted octanol–water partition coefficient (Wildman–Crippen LogP) is 5.41. The molecule has 4 nitrogen and oxygen atoms in total. The highest BCUT2D eigenvalue weighted by Crippen LogP contribution is 2.35. The number of rotatable bonds is 7. The Kier molecular flexibility index (Phi) is 7.24. The van der Waals surface area contributed by atoms with Crippen molar-refractivity contribution >= 4 is 11.9 Å². The fourth-order valence-electron chi connectivity index (χ4n) is 3.72. The van der Waals surface area contributed by atoms with E-state index in [4.69, 9.17) is 9.47 Å². The lowest BCUT2D eigenvalue weighted by Gasteiger charge is -2.28. The number of esters is 2. The molecule has 148 valence electrons. The second-order valence-corrected chi connectivity index (χ2v) is 7.30. The van der Waals surface area contributed by atoms with Crippen LogP contribution in [0.4, 0.5) is 0 Å². The van der Waals surface area contributed by atoms with Gasteiger partial charge in [-0.3, -0.25) is 9.59 Å². The maximum atomic E-state index is 13.0. The quantitative estimate of drug-likeness (QED) is 0.366. The van der Waals surface area contributed by atoms with Crippen molar-refractivity contribution < 1.29 is 19.1 Å². The van der Waals surface area contributed by atoms with Gasteiger partial charge < -0.3 is 9.47 Å². The lowest BCUT2D eigenvalue weighted by Crippen LogP contribution is -2.36. The van der Waals surface area contributed by atoms with Gasteiger partial charge in [-0.1, -0.05) is 74.7 Å². The lowest BCUT2D eigenvalue weighted by molar-refractivity contribution is -0.158. The van der Waals surface area contributed by atoms with Gasteiger partial charge in [0.2, 0.25) is 0 Å². The first-order chi connectivity index (χ1) is 13.7. The zero-order valence-electron chi connectivity index (χ0n) is 16.4. The van der Waals surface area contributed by atoms with Gasteiger partial charge >= 0.3 is 11.9 Å². The van der Waals surface area contributed by atoms with Gasteiger partial charge in [-0.2, -0.15) is 0 Å². The van der Waals surface area contributed by atoms with E-state index in [1.165, 1.54) is 0 Å². The highest BCUT2D eigenvalue weighted by Gasteiger charge is 2.38. The molecule has 0 heterocycles. The summed E-state index contributed by atoms with van der Waals surface area (Å²) in [5.41, 5.74) is 1.86. The molecule has 1 saturated carbocycles. The number of unbranched alkanes of at least 4 members (excludes halogenated alkanes) is 1. The van der Waals surface area contributed by atoms with Crippen molar-refractivity contribution in [3.05, 3.63) is 54.6 Å². The van der Waals surface area contributed by atoms with Gasteiger partial charge in [0, 0.05) is 5.56 Å². The van der Waals surface area contributed by atoms with Crippen LogP contribution in [-0.4, -0.2) is 18.5 Å². The highest BCUT2D eigenvalue weighted by molar-refractivity contribution is 5.85. The minimum absolute atomic E-state index is 0.258. The first-order valence-electron chi connectivity index (χ1n) is 10.2. The van der Waals surface area contributed by atoms with Gasteiger partial charge in [0.15, 0.2) is 0 Å². The molecule has 28 heavy (non-hydrogen) atoms. The van der Waals surface area contributed by atoms with E-state index in [2.05, 4.69) is 6.92 Å². The van der Waals surface area contributed by atoms with Crippen LogP contribution in [0, 0.1) is 11.8 Å². The van der Waals surface area contributed by atoms with Crippen LogP contribution in [0.5, 0.6) is 5.75 Å². The molecule has 0 aromatic heterocycles. The Bertz CT molecular complexity index is 784. The van der Waals surface area contributed by atoms with Crippen LogP contribution in [0.3, 0.4) is 0 Å². The fourth-order valence-corrected chi connectivity index (χ4v) is 3.72. The molecule has 0 N–H and O–H groups in total. The van der Waals surface area contributed by atoms with Crippen LogP contribution in [-0.2, 0) is 14.3 Å². The molecule has 2 unspecified atom stereocenters. The van der Waals surface area contributed by atoms with E-state index in [1.807, 2.05) is 48.5 Å². The molecule has 0 bridgehead atoms. The second-order valence-electron chi connectivity index (χ2n) is 7.30. The zero-order chi connectivity index (χ0) is 19.8. The molecule has 4 heteroatoms. The first kappa shape index (κ1) is 20.1. The van der Waals surface area contributed by atoms with E-state index in [0.29, 0.717) is 25.2 Å². The van der Waals surface area contributed by atoms with Crippen LogP contribution < -0.4 is 4.74 Å². The number of para-hydroxylation sites is 1. The number of ether oxygens (including phenoxy) is 2. The monoisotopic (exact) mass is 380 g/mol. The Morgan fingerprint density at radius 1 is 0.893 bits per heavy atom. The Hall–Kier alpha value is -2.62. The van der Waals surface area contributed by atoms with Crippen LogP contribution in [0.1, 0.15) is 45.4 Å². The van der Waals surface area contributed by atoms with Crippen molar-refractivity contribution in [2.45, 2.75) is 45.4 Å². The highest BCUT2D eigenvalue weighted by atomic mass is 16.5. The summed E-state index contributed by atoms with van der Waals surface area (Å²) in [7, 11) is 0. The first-order valence-corrected chi connectivity index (χ1v) is 10.2. The minimum atomic E-state index is -0.438. The maximum Gasteiger partial charge on any atom is 0.315 e. The van der Waals surface area contributed by atoms with Gasteiger partial charge in [-0.25, -0.2) is 0 Å². The zero-order valence-corrected chi connectivity index (χ0v) is 16.4. The summed E-state index contributed by atoms with van der Waals surface area (Å²) >= 11 is 0. The molecule has 0 radical (unpaired) electrons. The maximum absolute atomic E-state index is 13.0. The Morgan fingerprint density at radius 2 is 1.54 bits per heavy atom. The molecule has 0 aliphatic heterocycles. The van der Waals surface area contributed by atoms with E-state index in [9.17, 15) is 9.59 Å². The van der Waals surface area contributed by atoms with Crippen molar-refractivity contribution in [2.75, 3.05) is 6.61 Å². The summed E-state index contributed by atoms with van der Waals surface area (Å²) in [4.78, 5) is 25.5. The average Bonchev–Trinajstić information content (AvgIpc) is 2.75. The number of carbonyl (C=O) groups excluding carboxylic acids is 2. The predicted molar refractivity (Wildman–Crippen MR) is 109 cm³/mol. The van der Waals surface area contributed by atoms with Gasteiger partial charge in [0.25, 0.3) is 0 Å². The summed E-state index contributed by atoms with van der Waals surface area (Å²) in [5, 5.41) is 0. The molecule has 2 aromatic carbocycles. The molecule has 0 amide bonds. The molecule has 0 spiro atoms. The van der Waals surface area contributed by atoms with Crippen LogP contribution in [0.2, 0.25) is 0 Å². The van der Waals surface area contributed by atoms with Crippen molar-refractivity contribution in [2.24, 2.45) is 11.8 Å². The van der Waals surface area contributed by atoms with Crippen molar-refractivity contribution in [1.29, 1.82) is 0 Å². The third-order valence-corrected chi connectivity index (χ3v) is 5.30. The van der Waals surface area contributed by atoms with E-state index >= 15 is 0 Å². The third-order valence-electron chi connectivity index (χ3n) is 5.30. The smallest absolute Gasteiger partial charge is 0.315 e. The van der Waals surface area contributed by atoms with Gasteiger partial charge in [0.05, 0.1) is 18.4 Å².